The molecule has 6 heteroatoms. The van der Waals surface area contributed by atoms with Gasteiger partial charge < -0.3 is 15.2 Å². The number of allylic oxidation sites excluding steroid dienone is 2. The van der Waals surface area contributed by atoms with Crippen LogP contribution in [0.25, 0.3) is 0 Å². The lowest BCUT2D eigenvalue weighted by molar-refractivity contribution is -0.182. The fourth-order valence-electron chi connectivity index (χ4n) is 6.00. The standard InChI is InChI=1S/C29H35NO5/c1-18-9-7-13-22(31)15-16-25(32)35-29-23(14-8-10-18)27(33)20(3)19(2)26(29)24(30-28(29)34)17-21-11-5-4-6-12-21/h4-6,8,11-12,14-16,18-19,23-24,26-27,33H,3,7,9-10,13,17H2,1-2H3,(H,30,34)/b14-8-,16-15-/t18-,19-,23-,24-,26+,27+,29+/m1/s1. The molecule has 0 radical (unpaired) electrons. The van der Waals surface area contributed by atoms with Gasteiger partial charge in [-0.3, -0.25) is 9.59 Å². The van der Waals surface area contributed by atoms with E-state index in [4.69, 9.17) is 4.74 Å². The lowest BCUT2D eigenvalue weighted by Crippen LogP contribution is -2.61. The van der Waals surface area contributed by atoms with E-state index in [9.17, 15) is 19.5 Å². The SMILES string of the molecule is C=C1[C@@H](C)[C@H]2[C@@H](Cc3ccccc3)NC(=O)[C@@]23OC(=O)/C=C\C(=O)CCC[C@@H](C)C/C=C\[C@@H]3[C@H]1O. The summed E-state index contributed by atoms with van der Waals surface area (Å²) < 4.78 is 6.01. The van der Waals surface area contributed by atoms with Crippen LogP contribution in [0, 0.1) is 23.7 Å². The molecule has 3 aliphatic rings. The van der Waals surface area contributed by atoms with Crippen LogP contribution in [0.15, 0.2) is 66.8 Å². The molecule has 35 heavy (non-hydrogen) atoms. The zero-order chi connectivity index (χ0) is 25.2. The molecule has 1 aliphatic carbocycles. The lowest BCUT2D eigenvalue weighted by Gasteiger charge is -2.49. The lowest BCUT2D eigenvalue weighted by atomic mass is 9.59. The summed E-state index contributed by atoms with van der Waals surface area (Å²) >= 11 is 0. The summed E-state index contributed by atoms with van der Waals surface area (Å²) in [6.45, 7) is 8.21. The number of hydrogen-bond donors (Lipinski definition) is 2. The minimum atomic E-state index is -1.60. The Morgan fingerprint density at radius 3 is 2.63 bits per heavy atom. The number of ketones is 1. The molecule has 0 unspecified atom stereocenters. The quantitative estimate of drug-likeness (QED) is 0.501. The molecule has 1 saturated carbocycles. The van der Waals surface area contributed by atoms with Crippen LogP contribution >= 0.6 is 0 Å². The zero-order valence-corrected chi connectivity index (χ0v) is 20.5. The van der Waals surface area contributed by atoms with Gasteiger partial charge in [0, 0.05) is 24.5 Å². The van der Waals surface area contributed by atoms with E-state index in [1.807, 2.05) is 49.4 Å². The number of esters is 1. The van der Waals surface area contributed by atoms with Crippen LogP contribution in [0.4, 0.5) is 0 Å². The maximum Gasteiger partial charge on any atom is 0.331 e. The van der Waals surface area contributed by atoms with Crippen LogP contribution in [0.5, 0.6) is 0 Å². The van der Waals surface area contributed by atoms with E-state index in [0.717, 1.165) is 30.9 Å². The highest BCUT2D eigenvalue weighted by atomic mass is 16.6. The number of benzene rings is 1. The first-order valence-corrected chi connectivity index (χ1v) is 12.6. The molecule has 2 heterocycles. The summed E-state index contributed by atoms with van der Waals surface area (Å²) in [5.41, 5.74) is 0.0801. The maximum atomic E-state index is 13.7. The van der Waals surface area contributed by atoms with Crippen LogP contribution in [0.1, 0.15) is 45.1 Å². The molecule has 186 valence electrons. The molecule has 1 saturated heterocycles. The molecule has 2 N–H and O–H groups in total. The molecule has 0 aromatic heterocycles. The molecule has 4 rings (SSSR count). The van der Waals surface area contributed by atoms with Crippen LogP contribution in [-0.4, -0.2) is 40.5 Å². The van der Waals surface area contributed by atoms with Gasteiger partial charge in [0.2, 0.25) is 5.60 Å². The Morgan fingerprint density at radius 2 is 1.89 bits per heavy atom. The second kappa shape index (κ2) is 10.3. The molecule has 7 atom stereocenters. The van der Waals surface area contributed by atoms with E-state index in [-0.39, 0.29) is 17.7 Å². The Kier molecular flexibility index (Phi) is 7.41. The summed E-state index contributed by atoms with van der Waals surface area (Å²) in [6.07, 6.45) is 8.39. The molecule has 6 nitrogen and oxygen atoms in total. The van der Waals surface area contributed by atoms with Crippen molar-refractivity contribution < 1.29 is 24.2 Å². The summed E-state index contributed by atoms with van der Waals surface area (Å²) in [4.78, 5) is 38.9. The van der Waals surface area contributed by atoms with Crippen molar-refractivity contribution in [2.24, 2.45) is 23.7 Å². The number of aliphatic hydroxyl groups is 1. The van der Waals surface area contributed by atoms with Gasteiger partial charge in [0.25, 0.3) is 5.91 Å². The van der Waals surface area contributed by atoms with E-state index < -0.39 is 35.4 Å². The third-order valence-electron chi connectivity index (χ3n) is 7.91. The first kappa shape index (κ1) is 25.1. The summed E-state index contributed by atoms with van der Waals surface area (Å²) in [5.74, 6) is -2.46. The van der Waals surface area contributed by atoms with Crippen molar-refractivity contribution in [2.45, 2.75) is 63.7 Å². The summed E-state index contributed by atoms with van der Waals surface area (Å²) in [7, 11) is 0. The fraction of sp³-hybridized carbons (Fsp3) is 0.483. The first-order valence-electron chi connectivity index (χ1n) is 12.6. The molecular weight excluding hydrogens is 442 g/mol. The normalized spacial score (nSPS) is 37.9. The van der Waals surface area contributed by atoms with Crippen molar-refractivity contribution in [1.29, 1.82) is 0 Å². The van der Waals surface area contributed by atoms with E-state index >= 15 is 0 Å². The second-order valence-corrected chi connectivity index (χ2v) is 10.3. The van der Waals surface area contributed by atoms with E-state index in [1.165, 1.54) is 6.08 Å². The Labute approximate surface area is 207 Å². The van der Waals surface area contributed by atoms with Crippen molar-refractivity contribution in [2.75, 3.05) is 0 Å². The van der Waals surface area contributed by atoms with Crippen molar-refractivity contribution in [3.05, 3.63) is 72.4 Å². The van der Waals surface area contributed by atoms with Crippen LogP contribution < -0.4 is 5.32 Å². The number of ether oxygens (including phenoxy) is 1. The van der Waals surface area contributed by atoms with Gasteiger partial charge in [0.05, 0.1) is 12.0 Å². The van der Waals surface area contributed by atoms with Gasteiger partial charge in [0.15, 0.2) is 5.78 Å². The van der Waals surface area contributed by atoms with Crippen LogP contribution in [-0.2, 0) is 25.5 Å². The largest absolute Gasteiger partial charge is 0.445 e. The molecule has 2 fully saturated rings. The highest BCUT2D eigenvalue weighted by molar-refractivity contribution is 5.98. The third-order valence-corrected chi connectivity index (χ3v) is 7.91. The minimum absolute atomic E-state index is 0.143. The number of nitrogens with one attached hydrogen (secondary N) is 1. The first-order chi connectivity index (χ1) is 16.7. The van der Waals surface area contributed by atoms with E-state index in [1.54, 1.807) is 0 Å². The maximum absolute atomic E-state index is 13.7. The Morgan fingerprint density at radius 1 is 1.14 bits per heavy atom. The smallest absolute Gasteiger partial charge is 0.331 e. The summed E-state index contributed by atoms with van der Waals surface area (Å²) in [6, 6.07) is 9.53. The molecule has 1 aromatic rings. The molecule has 1 amide bonds. The molecular formula is C29H35NO5. The number of carbonyl (C=O) groups excluding carboxylic acids is 3. The van der Waals surface area contributed by atoms with Gasteiger partial charge >= 0.3 is 5.97 Å². The van der Waals surface area contributed by atoms with Crippen molar-refractivity contribution in [3.8, 4) is 0 Å². The molecule has 2 aliphatic heterocycles. The second-order valence-electron chi connectivity index (χ2n) is 10.3. The number of hydrogen-bond acceptors (Lipinski definition) is 5. The predicted molar refractivity (Wildman–Crippen MR) is 133 cm³/mol. The molecule has 1 spiro atoms. The van der Waals surface area contributed by atoms with Gasteiger partial charge in [-0.15, -0.1) is 0 Å². The summed E-state index contributed by atoms with van der Waals surface area (Å²) in [5, 5.41) is 14.4. The third kappa shape index (κ3) is 4.90. The van der Waals surface area contributed by atoms with Crippen LogP contribution in [0.3, 0.4) is 0 Å². The number of rotatable bonds is 2. The average Bonchev–Trinajstić information content (AvgIpc) is 3.09. The van der Waals surface area contributed by atoms with Gasteiger partial charge in [0.1, 0.15) is 0 Å². The van der Waals surface area contributed by atoms with E-state index in [0.29, 0.717) is 24.3 Å². The van der Waals surface area contributed by atoms with Crippen molar-refractivity contribution in [3.63, 3.8) is 0 Å². The monoisotopic (exact) mass is 477 g/mol. The van der Waals surface area contributed by atoms with Crippen molar-refractivity contribution >= 4 is 17.7 Å². The Balaban J connectivity index is 1.79. The van der Waals surface area contributed by atoms with Gasteiger partial charge in [-0.05, 0) is 54.7 Å². The highest BCUT2D eigenvalue weighted by Crippen LogP contribution is 2.52. The van der Waals surface area contributed by atoms with Gasteiger partial charge in [-0.25, -0.2) is 4.79 Å². The van der Waals surface area contributed by atoms with Crippen LogP contribution in [0.2, 0.25) is 0 Å². The topological polar surface area (TPSA) is 92.7 Å². The zero-order valence-electron chi connectivity index (χ0n) is 20.5. The minimum Gasteiger partial charge on any atom is -0.445 e. The van der Waals surface area contributed by atoms with Crippen molar-refractivity contribution in [1.82, 2.24) is 5.32 Å². The number of carbonyl (C=O) groups is 3. The Bertz CT molecular complexity index is 1040. The predicted octanol–water partition coefficient (Wildman–Crippen LogP) is 3.70. The number of amides is 1. The molecule has 0 bridgehead atoms. The van der Waals surface area contributed by atoms with E-state index in [2.05, 4.69) is 18.8 Å². The number of aliphatic hydroxyl groups excluding tert-OH is 1. The van der Waals surface area contributed by atoms with Gasteiger partial charge in [-0.1, -0.05) is 62.9 Å². The fourth-order valence-corrected chi connectivity index (χ4v) is 6.00. The average molecular weight is 478 g/mol. The highest BCUT2D eigenvalue weighted by Gasteiger charge is 2.67. The van der Waals surface area contributed by atoms with Gasteiger partial charge in [-0.2, -0.15) is 0 Å². The molecule has 1 aromatic carbocycles. The Hall–Kier alpha value is -2.99.